The zero-order chi connectivity index (χ0) is 36.6. The van der Waals surface area contributed by atoms with Gasteiger partial charge in [-0.3, -0.25) is 0 Å². The minimum Gasteiger partial charge on any atom is -0.310 e. The zero-order valence-electron chi connectivity index (χ0n) is 30.3. The summed E-state index contributed by atoms with van der Waals surface area (Å²) in [7, 11) is 0. The Kier molecular flexibility index (Phi) is 8.24. The van der Waals surface area contributed by atoms with Gasteiger partial charge in [-0.15, -0.1) is 0 Å². The molecule has 0 unspecified atom stereocenters. The Morgan fingerprint density at radius 2 is 0.727 bits per heavy atom. The van der Waals surface area contributed by atoms with Crippen LogP contribution >= 0.6 is 0 Å². The maximum absolute atomic E-state index is 2.43. The van der Waals surface area contributed by atoms with E-state index >= 15 is 0 Å². The highest BCUT2D eigenvalue weighted by Gasteiger charge is 2.18. The smallest absolute Gasteiger partial charge is 0.0546 e. The van der Waals surface area contributed by atoms with E-state index in [1.165, 1.54) is 76.8 Å². The first-order valence-corrected chi connectivity index (χ1v) is 18.9. The summed E-state index contributed by atoms with van der Waals surface area (Å²) in [5.41, 5.74) is 13.0. The van der Waals surface area contributed by atoms with E-state index in [0.717, 1.165) is 17.1 Å². The van der Waals surface area contributed by atoms with Crippen molar-refractivity contribution in [2.45, 2.75) is 0 Å². The summed E-state index contributed by atoms with van der Waals surface area (Å²) >= 11 is 0. The molecule has 1 nitrogen and oxygen atoms in total. The minimum absolute atomic E-state index is 1.10. The molecule has 0 heterocycles. The Balaban J connectivity index is 1.09. The van der Waals surface area contributed by atoms with E-state index in [1.54, 1.807) is 0 Å². The normalized spacial score (nSPS) is 11.3. The lowest BCUT2D eigenvalue weighted by molar-refractivity contribution is 1.30. The van der Waals surface area contributed by atoms with Gasteiger partial charge in [-0.25, -0.2) is 0 Å². The molecule has 55 heavy (non-hydrogen) atoms. The molecule has 10 aromatic rings. The lowest BCUT2D eigenvalue weighted by Gasteiger charge is -2.28. The molecule has 0 N–H and O–H groups in total. The molecule has 0 aliphatic heterocycles. The van der Waals surface area contributed by atoms with Gasteiger partial charge >= 0.3 is 0 Å². The number of fused-ring (bicyclic) bond motifs is 4. The first-order chi connectivity index (χ1) is 27.3. The average Bonchev–Trinajstić information content (AvgIpc) is 3.27. The van der Waals surface area contributed by atoms with Crippen molar-refractivity contribution in [3.8, 4) is 44.5 Å². The van der Waals surface area contributed by atoms with Crippen molar-refractivity contribution < 1.29 is 0 Å². The zero-order valence-corrected chi connectivity index (χ0v) is 30.3. The van der Waals surface area contributed by atoms with Gasteiger partial charge in [0.25, 0.3) is 0 Å². The van der Waals surface area contributed by atoms with Crippen molar-refractivity contribution in [2.75, 3.05) is 4.90 Å². The van der Waals surface area contributed by atoms with Gasteiger partial charge in [-0.05, 0) is 108 Å². The first-order valence-electron chi connectivity index (χ1n) is 18.9. The highest BCUT2D eigenvalue weighted by Crippen LogP contribution is 2.43. The SMILES string of the molecule is c1ccc(-c2ccc(-c3ccc(N(c4cccc(-c5cccc(-c6cccc7ccccc67)c5)c4)c4cc5ccccc5c5ccccc45)cc3)cc2)cc1. The van der Waals surface area contributed by atoms with E-state index in [1.807, 2.05) is 0 Å². The molecule has 0 aliphatic rings. The van der Waals surface area contributed by atoms with Gasteiger partial charge in [0.2, 0.25) is 0 Å². The fourth-order valence-electron chi connectivity index (χ4n) is 8.10. The quantitative estimate of drug-likeness (QED) is 0.150. The minimum atomic E-state index is 1.10. The van der Waals surface area contributed by atoms with E-state index in [0.29, 0.717) is 0 Å². The van der Waals surface area contributed by atoms with E-state index < -0.39 is 0 Å². The van der Waals surface area contributed by atoms with Crippen molar-refractivity contribution in [3.05, 3.63) is 224 Å². The van der Waals surface area contributed by atoms with Crippen molar-refractivity contribution in [1.29, 1.82) is 0 Å². The third kappa shape index (κ3) is 6.12. The van der Waals surface area contributed by atoms with Crippen LogP contribution in [0, 0.1) is 0 Å². The van der Waals surface area contributed by atoms with Crippen LogP contribution in [0.5, 0.6) is 0 Å². The Labute approximate surface area is 322 Å². The second-order valence-electron chi connectivity index (χ2n) is 14.1. The maximum atomic E-state index is 2.43. The predicted octanol–water partition coefficient (Wildman–Crippen LogP) is 15.3. The molecule has 0 radical (unpaired) electrons. The third-order valence-corrected chi connectivity index (χ3v) is 10.8. The number of nitrogens with zero attached hydrogens (tertiary/aromatic N) is 1. The molecule has 10 aromatic carbocycles. The summed E-state index contributed by atoms with van der Waals surface area (Å²) in [6.07, 6.45) is 0. The Bertz CT molecular complexity index is 2950. The van der Waals surface area contributed by atoms with E-state index in [-0.39, 0.29) is 0 Å². The highest BCUT2D eigenvalue weighted by molar-refractivity contribution is 6.14. The number of hydrogen-bond acceptors (Lipinski definition) is 1. The predicted molar refractivity (Wildman–Crippen MR) is 235 cm³/mol. The topological polar surface area (TPSA) is 3.24 Å². The van der Waals surface area contributed by atoms with Crippen LogP contribution in [0.15, 0.2) is 224 Å². The molecule has 1 heteroatoms. The summed E-state index contributed by atoms with van der Waals surface area (Å²) in [4.78, 5) is 2.43. The van der Waals surface area contributed by atoms with Crippen LogP contribution in [0.3, 0.4) is 0 Å². The number of benzene rings is 10. The molecule has 10 rings (SSSR count). The van der Waals surface area contributed by atoms with Crippen molar-refractivity contribution in [1.82, 2.24) is 0 Å². The van der Waals surface area contributed by atoms with Gasteiger partial charge in [0.1, 0.15) is 0 Å². The van der Waals surface area contributed by atoms with Crippen LogP contribution in [0.2, 0.25) is 0 Å². The fraction of sp³-hybridized carbons (Fsp3) is 0. The maximum Gasteiger partial charge on any atom is 0.0546 e. The number of anilines is 3. The summed E-state index contributed by atoms with van der Waals surface area (Å²) in [6, 6.07) is 81.5. The molecule has 0 spiro atoms. The first kappa shape index (κ1) is 32.4. The van der Waals surface area contributed by atoms with Gasteiger partial charge in [0.15, 0.2) is 0 Å². The van der Waals surface area contributed by atoms with Crippen LogP contribution in [-0.2, 0) is 0 Å². The molecule has 0 saturated carbocycles. The van der Waals surface area contributed by atoms with Crippen molar-refractivity contribution in [2.24, 2.45) is 0 Å². The van der Waals surface area contributed by atoms with Crippen LogP contribution in [0.25, 0.3) is 76.8 Å². The van der Waals surface area contributed by atoms with Crippen LogP contribution < -0.4 is 4.90 Å². The molecule has 0 atom stereocenters. The van der Waals surface area contributed by atoms with Crippen molar-refractivity contribution in [3.63, 3.8) is 0 Å². The fourth-order valence-corrected chi connectivity index (χ4v) is 8.10. The van der Waals surface area contributed by atoms with Gasteiger partial charge in [0.05, 0.1) is 5.69 Å². The monoisotopic (exact) mass is 699 g/mol. The van der Waals surface area contributed by atoms with Gasteiger partial charge in [-0.1, -0.05) is 188 Å². The number of rotatable bonds is 7. The lowest BCUT2D eigenvalue weighted by Crippen LogP contribution is -2.10. The molecule has 0 fully saturated rings. The summed E-state index contributed by atoms with van der Waals surface area (Å²) in [5, 5.41) is 7.45. The van der Waals surface area contributed by atoms with Crippen LogP contribution in [0.4, 0.5) is 17.1 Å². The Morgan fingerprint density at radius 3 is 1.47 bits per heavy atom. The standard InChI is InChI=1S/C54H37N/c1-2-13-38(14-3-1)39-27-29-40(30-28-39)41-31-33-47(34-32-41)55(54-37-46-16-5-7-23-51(46)52-24-8-9-25-53(52)54)48-21-11-19-44(36-48)43-18-10-20-45(35-43)50-26-12-17-42-15-4-6-22-49(42)50/h1-37H. The van der Waals surface area contributed by atoms with Crippen molar-refractivity contribution >= 4 is 49.4 Å². The molecular formula is C54H37N. The summed E-state index contributed by atoms with van der Waals surface area (Å²) in [6.45, 7) is 0. The third-order valence-electron chi connectivity index (χ3n) is 10.8. The molecule has 0 aromatic heterocycles. The second kappa shape index (κ2) is 14.0. The summed E-state index contributed by atoms with van der Waals surface area (Å²) in [5.74, 6) is 0. The van der Waals surface area contributed by atoms with Gasteiger partial charge in [0, 0.05) is 16.8 Å². The highest BCUT2D eigenvalue weighted by atomic mass is 15.1. The molecule has 0 bridgehead atoms. The summed E-state index contributed by atoms with van der Waals surface area (Å²) < 4.78 is 0. The van der Waals surface area contributed by atoms with Crippen LogP contribution in [-0.4, -0.2) is 0 Å². The molecule has 0 amide bonds. The molecule has 0 aliphatic carbocycles. The van der Waals surface area contributed by atoms with Gasteiger partial charge < -0.3 is 4.90 Å². The van der Waals surface area contributed by atoms with Gasteiger partial charge in [-0.2, -0.15) is 0 Å². The van der Waals surface area contributed by atoms with E-state index in [9.17, 15) is 0 Å². The largest absolute Gasteiger partial charge is 0.310 e. The number of hydrogen-bond donors (Lipinski definition) is 0. The lowest BCUT2D eigenvalue weighted by atomic mass is 9.95. The van der Waals surface area contributed by atoms with E-state index in [4.69, 9.17) is 0 Å². The molecule has 0 saturated heterocycles. The average molecular weight is 700 g/mol. The molecular weight excluding hydrogens is 663 g/mol. The Hall–Kier alpha value is -7.22. The molecule has 258 valence electrons. The second-order valence-corrected chi connectivity index (χ2v) is 14.1. The Morgan fingerprint density at radius 1 is 0.236 bits per heavy atom. The van der Waals surface area contributed by atoms with E-state index in [2.05, 4.69) is 229 Å². The van der Waals surface area contributed by atoms with Crippen LogP contribution in [0.1, 0.15) is 0 Å².